The smallest absolute Gasteiger partial charge is 0.195 e. The molecule has 6 heteroatoms. The quantitative estimate of drug-likeness (QED) is 0.417. The highest BCUT2D eigenvalue weighted by Crippen LogP contribution is 2.29. The number of hydrogen-bond donors (Lipinski definition) is 2. The molecule has 0 amide bonds. The molecule has 124 valence electrons. The fourth-order valence-electron chi connectivity index (χ4n) is 1.91. The van der Waals surface area contributed by atoms with Gasteiger partial charge in [-0.15, -0.1) is 0 Å². The van der Waals surface area contributed by atoms with Crippen LogP contribution in [0, 0.1) is 0 Å². The molecule has 0 atom stereocenters. The van der Waals surface area contributed by atoms with Gasteiger partial charge in [0.2, 0.25) is 0 Å². The zero-order chi connectivity index (χ0) is 16.2. The van der Waals surface area contributed by atoms with Crippen LogP contribution in [0.4, 0.5) is 5.69 Å². The predicted molar refractivity (Wildman–Crippen MR) is 90.3 cm³/mol. The van der Waals surface area contributed by atoms with Gasteiger partial charge in [-0.1, -0.05) is 0 Å². The summed E-state index contributed by atoms with van der Waals surface area (Å²) >= 11 is 0. The van der Waals surface area contributed by atoms with E-state index in [0.717, 1.165) is 44.2 Å². The molecule has 0 unspecified atom stereocenters. The maximum atomic E-state index is 5.31. The molecule has 2 N–H and O–H groups in total. The van der Waals surface area contributed by atoms with E-state index in [1.165, 1.54) is 0 Å². The van der Waals surface area contributed by atoms with Gasteiger partial charge in [-0.3, -0.25) is 4.99 Å². The Kier molecular flexibility index (Phi) is 8.83. The lowest BCUT2D eigenvalue weighted by atomic mass is 10.2. The normalized spacial score (nSPS) is 11.2. The molecule has 1 rings (SSSR count). The molecule has 0 aromatic heterocycles. The second-order valence-corrected chi connectivity index (χ2v) is 4.60. The van der Waals surface area contributed by atoms with Crippen LogP contribution in [-0.2, 0) is 4.74 Å². The summed E-state index contributed by atoms with van der Waals surface area (Å²) in [5.41, 5.74) is 0.889. The van der Waals surface area contributed by atoms with E-state index in [4.69, 9.17) is 14.2 Å². The van der Waals surface area contributed by atoms with Gasteiger partial charge in [0.05, 0.1) is 14.2 Å². The molecule has 0 saturated carbocycles. The third-order valence-corrected chi connectivity index (χ3v) is 3.08. The van der Waals surface area contributed by atoms with Gasteiger partial charge in [0.1, 0.15) is 0 Å². The Morgan fingerprint density at radius 3 is 2.55 bits per heavy atom. The first-order valence-electron chi connectivity index (χ1n) is 7.52. The molecule has 0 heterocycles. The molecule has 0 aliphatic heterocycles. The molecular weight excluding hydrogens is 282 g/mol. The fraction of sp³-hybridized carbons (Fsp3) is 0.562. The van der Waals surface area contributed by atoms with Gasteiger partial charge in [-0.25, -0.2) is 0 Å². The minimum Gasteiger partial charge on any atom is -0.493 e. The van der Waals surface area contributed by atoms with Crippen LogP contribution in [0.5, 0.6) is 11.5 Å². The predicted octanol–water partition coefficient (Wildman–Crippen LogP) is 2.51. The highest BCUT2D eigenvalue weighted by molar-refractivity contribution is 5.93. The van der Waals surface area contributed by atoms with Crippen molar-refractivity contribution in [3.05, 3.63) is 18.2 Å². The van der Waals surface area contributed by atoms with Gasteiger partial charge in [-0.05, 0) is 31.9 Å². The van der Waals surface area contributed by atoms with Crippen molar-refractivity contribution >= 4 is 11.6 Å². The van der Waals surface area contributed by atoms with Crippen molar-refractivity contribution in [2.45, 2.75) is 19.8 Å². The summed E-state index contributed by atoms with van der Waals surface area (Å²) in [6.07, 6.45) is 2.07. The van der Waals surface area contributed by atoms with Crippen molar-refractivity contribution in [3.8, 4) is 11.5 Å². The molecule has 0 bridgehead atoms. The maximum Gasteiger partial charge on any atom is 0.195 e. The lowest BCUT2D eigenvalue weighted by molar-refractivity contribution is 0.143. The van der Waals surface area contributed by atoms with E-state index in [1.54, 1.807) is 21.3 Å². The molecule has 0 radical (unpaired) electrons. The second kappa shape index (κ2) is 10.7. The molecule has 0 aliphatic carbocycles. The maximum absolute atomic E-state index is 5.31. The highest BCUT2D eigenvalue weighted by Gasteiger charge is 2.06. The number of rotatable bonds is 9. The van der Waals surface area contributed by atoms with Gasteiger partial charge in [0, 0.05) is 38.6 Å². The lowest BCUT2D eigenvalue weighted by Crippen LogP contribution is -2.31. The van der Waals surface area contributed by atoms with Gasteiger partial charge in [0.15, 0.2) is 17.5 Å². The van der Waals surface area contributed by atoms with E-state index in [1.807, 2.05) is 25.1 Å². The summed E-state index contributed by atoms with van der Waals surface area (Å²) in [5.74, 6) is 2.11. The number of nitrogens with one attached hydrogen (secondary N) is 2. The SMILES string of the molecule is CCOCCCCNC(=NC)Nc1ccc(OC)c(OC)c1. The third kappa shape index (κ3) is 6.22. The van der Waals surface area contributed by atoms with Crippen molar-refractivity contribution in [2.24, 2.45) is 4.99 Å². The molecule has 1 aromatic rings. The highest BCUT2D eigenvalue weighted by atomic mass is 16.5. The van der Waals surface area contributed by atoms with Gasteiger partial charge >= 0.3 is 0 Å². The van der Waals surface area contributed by atoms with Crippen LogP contribution in [0.3, 0.4) is 0 Å². The van der Waals surface area contributed by atoms with E-state index in [2.05, 4.69) is 15.6 Å². The first-order valence-corrected chi connectivity index (χ1v) is 7.52. The lowest BCUT2D eigenvalue weighted by Gasteiger charge is -2.14. The number of aliphatic imine (C=N–C) groups is 1. The Bertz CT molecular complexity index is 464. The van der Waals surface area contributed by atoms with Crippen LogP contribution in [0.25, 0.3) is 0 Å². The fourth-order valence-corrected chi connectivity index (χ4v) is 1.91. The first-order chi connectivity index (χ1) is 10.7. The molecule has 6 nitrogen and oxygen atoms in total. The second-order valence-electron chi connectivity index (χ2n) is 4.60. The number of benzene rings is 1. The summed E-state index contributed by atoms with van der Waals surface area (Å²) in [4.78, 5) is 4.21. The van der Waals surface area contributed by atoms with Crippen LogP contribution < -0.4 is 20.1 Å². The third-order valence-electron chi connectivity index (χ3n) is 3.08. The van der Waals surface area contributed by atoms with Crippen molar-refractivity contribution in [1.29, 1.82) is 0 Å². The number of anilines is 1. The molecule has 0 spiro atoms. The van der Waals surface area contributed by atoms with E-state index in [0.29, 0.717) is 11.5 Å². The Morgan fingerprint density at radius 1 is 1.14 bits per heavy atom. The minimum absolute atomic E-state index is 0.680. The Balaban J connectivity index is 2.46. The van der Waals surface area contributed by atoms with Crippen LogP contribution >= 0.6 is 0 Å². The summed E-state index contributed by atoms with van der Waals surface area (Å²) in [5, 5.41) is 6.50. The molecule has 1 aromatic carbocycles. The van der Waals surface area contributed by atoms with Crippen molar-refractivity contribution in [2.75, 3.05) is 46.3 Å². The van der Waals surface area contributed by atoms with Gasteiger partial charge in [-0.2, -0.15) is 0 Å². The van der Waals surface area contributed by atoms with Crippen molar-refractivity contribution in [3.63, 3.8) is 0 Å². The molecule has 0 fully saturated rings. The summed E-state index contributed by atoms with van der Waals surface area (Å²) in [6.45, 7) is 4.43. The number of unbranched alkanes of at least 4 members (excludes halogenated alkanes) is 1. The van der Waals surface area contributed by atoms with E-state index < -0.39 is 0 Å². The summed E-state index contributed by atoms with van der Waals surface area (Å²) < 4.78 is 15.8. The van der Waals surface area contributed by atoms with E-state index in [9.17, 15) is 0 Å². The monoisotopic (exact) mass is 309 g/mol. The van der Waals surface area contributed by atoms with Crippen LogP contribution in [0.2, 0.25) is 0 Å². The summed E-state index contributed by atoms with van der Waals surface area (Å²) in [7, 11) is 4.98. The largest absolute Gasteiger partial charge is 0.493 e. The number of guanidine groups is 1. The molecular formula is C16H27N3O3. The number of hydrogen-bond acceptors (Lipinski definition) is 4. The Labute approximate surface area is 132 Å². The first kappa shape index (κ1) is 18.1. The van der Waals surface area contributed by atoms with Crippen LogP contribution in [0.15, 0.2) is 23.2 Å². The molecule has 0 saturated heterocycles. The van der Waals surface area contributed by atoms with Crippen LogP contribution in [-0.4, -0.2) is 47.0 Å². The van der Waals surface area contributed by atoms with E-state index in [-0.39, 0.29) is 0 Å². The van der Waals surface area contributed by atoms with E-state index >= 15 is 0 Å². The number of ether oxygens (including phenoxy) is 3. The van der Waals surface area contributed by atoms with Crippen molar-refractivity contribution < 1.29 is 14.2 Å². The zero-order valence-electron chi connectivity index (χ0n) is 13.9. The Morgan fingerprint density at radius 2 is 1.91 bits per heavy atom. The summed E-state index contributed by atoms with van der Waals surface area (Å²) in [6, 6.07) is 5.65. The average molecular weight is 309 g/mol. The zero-order valence-corrected chi connectivity index (χ0v) is 13.9. The average Bonchev–Trinajstić information content (AvgIpc) is 2.56. The molecule has 22 heavy (non-hydrogen) atoms. The van der Waals surface area contributed by atoms with Gasteiger partial charge < -0.3 is 24.8 Å². The van der Waals surface area contributed by atoms with Gasteiger partial charge in [0.25, 0.3) is 0 Å². The molecule has 0 aliphatic rings. The topological polar surface area (TPSA) is 64.1 Å². The van der Waals surface area contributed by atoms with Crippen molar-refractivity contribution in [1.82, 2.24) is 5.32 Å². The van der Waals surface area contributed by atoms with Crippen LogP contribution in [0.1, 0.15) is 19.8 Å². The standard InChI is InChI=1S/C16H27N3O3/c1-5-22-11-7-6-10-18-16(17-2)19-13-8-9-14(20-3)15(12-13)21-4/h8-9,12H,5-7,10-11H2,1-4H3,(H2,17,18,19). The number of methoxy groups -OCH3 is 2. The number of nitrogens with zero attached hydrogens (tertiary/aromatic N) is 1. The minimum atomic E-state index is 0.680. The Hall–Kier alpha value is -1.95.